The van der Waals surface area contributed by atoms with Crippen molar-refractivity contribution < 1.29 is 24.3 Å². The molecule has 11 heteroatoms. The van der Waals surface area contributed by atoms with Gasteiger partial charge in [0.2, 0.25) is 17.7 Å². The smallest absolute Gasteiger partial charge is 0.326 e. The first-order valence-electron chi connectivity index (χ1n) is 9.87. The lowest BCUT2D eigenvalue weighted by Crippen LogP contribution is -2.55. The predicted octanol–water partition coefficient (Wildman–Crippen LogP) is -1.13. The molecular formula is C18H33N5O5S. The van der Waals surface area contributed by atoms with Crippen LogP contribution in [-0.2, 0) is 19.2 Å². The van der Waals surface area contributed by atoms with Crippen molar-refractivity contribution in [2.45, 2.75) is 56.7 Å². The van der Waals surface area contributed by atoms with E-state index in [0.717, 1.165) is 0 Å². The summed E-state index contributed by atoms with van der Waals surface area (Å²) in [5.74, 6) is -1.78. The number of carboxylic acids is 1. The van der Waals surface area contributed by atoms with Crippen LogP contribution < -0.4 is 22.1 Å². The van der Waals surface area contributed by atoms with Crippen molar-refractivity contribution in [2.75, 3.05) is 31.6 Å². The monoisotopic (exact) mass is 431 g/mol. The number of hydrogen-bond acceptors (Lipinski definition) is 7. The Balaban J connectivity index is 2.78. The van der Waals surface area contributed by atoms with Crippen LogP contribution in [-0.4, -0.2) is 83.5 Å². The second-order valence-electron chi connectivity index (χ2n) is 6.98. The van der Waals surface area contributed by atoms with E-state index in [0.29, 0.717) is 50.9 Å². The number of carbonyl (C=O) groups excluding carboxylic acids is 3. The third kappa shape index (κ3) is 8.19. The van der Waals surface area contributed by atoms with Crippen LogP contribution in [0, 0.1) is 0 Å². The Morgan fingerprint density at radius 3 is 2.45 bits per heavy atom. The molecule has 0 aromatic carbocycles. The van der Waals surface area contributed by atoms with E-state index >= 15 is 0 Å². The van der Waals surface area contributed by atoms with Gasteiger partial charge in [-0.15, -0.1) is 0 Å². The lowest BCUT2D eigenvalue weighted by molar-refractivity contribution is -0.143. The molecule has 0 radical (unpaired) electrons. The summed E-state index contributed by atoms with van der Waals surface area (Å²) in [4.78, 5) is 50.2. The molecule has 1 rings (SSSR count). The molecule has 3 atom stereocenters. The summed E-state index contributed by atoms with van der Waals surface area (Å²) >= 11 is 1.52. The fourth-order valence-electron chi connectivity index (χ4n) is 3.25. The average Bonchev–Trinajstić information content (AvgIpc) is 3.19. The van der Waals surface area contributed by atoms with E-state index in [2.05, 4.69) is 10.6 Å². The van der Waals surface area contributed by atoms with Gasteiger partial charge in [-0.05, 0) is 57.1 Å². The first-order chi connectivity index (χ1) is 13.8. The van der Waals surface area contributed by atoms with Crippen molar-refractivity contribution in [2.24, 2.45) is 11.5 Å². The standard InChI is InChI=1S/C18H33N5O5S/c1-29-10-7-12(16(25)22-13(18(27)28)5-2-3-8-19)21-17(26)14-6-4-9-23(14)15(24)11-20/h12-14H,2-11,19-20H2,1H3,(H,21,26)(H,22,25)(H,27,28). The van der Waals surface area contributed by atoms with Crippen LogP contribution in [0.3, 0.4) is 0 Å². The van der Waals surface area contributed by atoms with Crippen molar-refractivity contribution >= 4 is 35.5 Å². The number of hydrogen-bond donors (Lipinski definition) is 5. The van der Waals surface area contributed by atoms with Crippen LogP contribution in [0.25, 0.3) is 0 Å². The fraction of sp³-hybridized carbons (Fsp3) is 0.778. The maximum Gasteiger partial charge on any atom is 0.326 e. The zero-order valence-corrected chi connectivity index (χ0v) is 17.7. The molecule has 1 saturated heterocycles. The second-order valence-corrected chi connectivity index (χ2v) is 7.96. The second kappa shape index (κ2) is 13.4. The molecule has 3 amide bonds. The summed E-state index contributed by atoms with van der Waals surface area (Å²) in [7, 11) is 0. The highest BCUT2D eigenvalue weighted by atomic mass is 32.2. The molecule has 1 aliphatic rings. The number of unbranched alkanes of at least 4 members (excludes halogenated alkanes) is 1. The van der Waals surface area contributed by atoms with Gasteiger partial charge >= 0.3 is 5.97 Å². The van der Waals surface area contributed by atoms with Gasteiger partial charge in [0.25, 0.3) is 0 Å². The maximum absolute atomic E-state index is 12.7. The van der Waals surface area contributed by atoms with Gasteiger partial charge in [-0.3, -0.25) is 14.4 Å². The average molecular weight is 432 g/mol. The van der Waals surface area contributed by atoms with Crippen LogP contribution >= 0.6 is 11.8 Å². The van der Waals surface area contributed by atoms with Gasteiger partial charge in [-0.2, -0.15) is 11.8 Å². The molecule has 7 N–H and O–H groups in total. The molecule has 0 spiro atoms. The van der Waals surface area contributed by atoms with Crippen molar-refractivity contribution in [3.8, 4) is 0 Å². The lowest BCUT2D eigenvalue weighted by Gasteiger charge is -2.26. The highest BCUT2D eigenvalue weighted by Gasteiger charge is 2.35. The van der Waals surface area contributed by atoms with Crippen molar-refractivity contribution in [3.63, 3.8) is 0 Å². The summed E-state index contributed by atoms with van der Waals surface area (Å²) in [6.45, 7) is 0.730. The minimum absolute atomic E-state index is 0.177. The highest BCUT2D eigenvalue weighted by molar-refractivity contribution is 7.98. The Bertz CT molecular complexity index is 577. The Morgan fingerprint density at radius 1 is 1.14 bits per heavy atom. The molecule has 0 saturated carbocycles. The number of aliphatic carboxylic acids is 1. The van der Waals surface area contributed by atoms with Gasteiger partial charge in [0.05, 0.1) is 6.54 Å². The Labute approximate surface area is 175 Å². The molecule has 0 aliphatic carbocycles. The van der Waals surface area contributed by atoms with Crippen LogP contribution in [0.15, 0.2) is 0 Å². The van der Waals surface area contributed by atoms with Crippen LogP contribution in [0.5, 0.6) is 0 Å². The third-order valence-electron chi connectivity index (χ3n) is 4.86. The molecule has 166 valence electrons. The molecule has 29 heavy (non-hydrogen) atoms. The molecule has 0 bridgehead atoms. The number of thioether (sulfide) groups is 1. The van der Waals surface area contributed by atoms with E-state index in [1.165, 1.54) is 16.7 Å². The van der Waals surface area contributed by atoms with E-state index < -0.39 is 35.9 Å². The molecule has 1 heterocycles. The number of likely N-dealkylation sites (tertiary alicyclic amines) is 1. The SMILES string of the molecule is CSCCC(NC(=O)C1CCCN1C(=O)CN)C(=O)NC(CCCCN)C(=O)O. The number of carbonyl (C=O) groups is 4. The van der Waals surface area contributed by atoms with E-state index in [1.54, 1.807) is 0 Å². The Morgan fingerprint density at radius 2 is 1.86 bits per heavy atom. The Hall–Kier alpha value is -1.85. The molecule has 0 aromatic rings. The van der Waals surface area contributed by atoms with E-state index in [-0.39, 0.29) is 18.9 Å². The highest BCUT2D eigenvalue weighted by Crippen LogP contribution is 2.18. The Kier molecular flexibility index (Phi) is 11.6. The lowest BCUT2D eigenvalue weighted by atomic mass is 10.1. The van der Waals surface area contributed by atoms with Crippen LogP contribution in [0.1, 0.15) is 38.5 Å². The number of nitrogens with zero attached hydrogens (tertiary/aromatic N) is 1. The number of nitrogens with two attached hydrogens (primary N) is 2. The quantitative estimate of drug-likeness (QED) is 0.228. The van der Waals surface area contributed by atoms with Crippen molar-refractivity contribution in [1.29, 1.82) is 0 Å². The van der Waals surface area contributed by atoms with Gasteiger partial charge in [0, 0.05) is 6.54 Å². The minimum atomic E-state index is -1.12. The van der Waals surface area contributed by atoms with Crippen molar-refractivity contribution in [1.82, 2.24) is 15.5 Å². The summed E-state index contributed by atoms with van der Waals surface area (Å²) in [6, 6.07) is -2.57. The molecule has 3 unspecified atom stereocenters. The first kappa shape index (κ1) is 25.2. The molecule has 10 nitrogen and oxygen atoms in total. The summed E-state index contributed by atoms with van der Waals surface area (Å²) in [6.07, 6.45) is 4.93. The number of carboxylic acid groups (broad SMARTS) is 1. The minimum Gasteiger partial charge on any atom is -0.480 e. The number of rotatable bonds is 13. The molecule has 1 aliphatic heterocycles. The summed E-state index contributed by atoms with van der Waals surface area (Å²) in [5, 5.41) is 14.6. The van der Waals surface area contributed by atoms with Crippen LogP contribution in [0.4, 0.5) is 0 Å². The van der Waals surface area contributed by atoms with E-state index in [1.807, 2.05) is 6.26 Å². The van der Waals surface area contributed by atoms with Gasteiger partial charge in [0.1, 0.15) is 18.1 Å². The number of amides is 3. The fourth-order valence-corrected chi connectivity index (χ4v) is 3.72. The van der Waals surface area contributed by atoms with Crippen LogP contribution in [0.2, 0.25) is 0 Å². The van der Waals surface area contributed by atoms with E-state index in [9.17, 15) is 24.3 Å². The van der Waals surface area contributed by atoms with Gasteiger partial charge < -0.3 is 32.1 Å². The summed E-state index contributed by atoms with van der Waals surface area (Å²) < 4.78 is 0. The normalized spacial score (nSPS) is 18.2. The molecule has 0 aromatic heterocycles. The predicted molar refractivity (Wildman–Crippen MR) is 111 cm³/mol. The molecule has 1 fully saturated rings. The van der Waals surface area contributed by atoms with Crippen molar-refractivity contribution in [3.05, 3.63) is 0 Å². The topological polar surface area (TPSA) is 168 Å². The third-order valence-corrected chi connectivity index (χ3v) is 5.50. The zero-order chi connectivity index (χ0) is 21.8. The van der Waals surface area contributed by atoms with Gasteiger partial charge in [-0.25, -0.2) is 4.79 Å². The van der Waals surface area contributed by atoms with Gasteiger partial charge in [0.15, 0.2) is 0 Å². The van der Waals surface area contributed by atoms with Gasteiger partial charge in [-0.1, -0.05) is 0 Å². The molecular weight excluding hydrogens is 398 g/mol. The zero-order valence-electron chi connectivity index (χ0n) is 16.9. The maximum atomic E-state index is 12.7. The van der Waals surface area contributed by atoms with E-state index in [4.69, 9.17) is 11.5 Å². The summed E-state index contributed by atoms with van der Waals surface area (Å²) in [5.41, 5.74) is 10.8. The largest absolute Gasteiger partial charge is 0.480 e. The first-order valence-corrected chi connectivity index (χ1v) is 11.3. The number of nitrogens with one attached hydrogen (secondary N) is 2.